The van der Waals surface area contributed by atoms with Gasteiger partial charge < -0.3 is 20.7 Å². The van der Waals surface area contributed by atoms with Crippen LogP contribution in [0.15, 0.2) is 51.9 Å². The first-order chi connectivity index (χ1) is 12.4. The van der Waals surface area contributed by atoms with E-state index >= 15 is 0 Å². The van der Waals surface area contributed by atoms with E-state index in [0.29, 0.717) is 27.6 Å². The molecule has 9 heteroatoms. The molecule has 0 spiro atoms. The number of benzene rings is 1. The van der Waals surface area contributed by atoms with Gasteiger partial charge in [0, 0.05) is 17.6 Å². The minimum absolute atomic E-state index is 0.188. The number of carboxylic acid groups (broad SMARTS) is 1. The van der Waals surface area contributed by atoms with Crippen molar-refractivity contribution in [2.75, 3.05) is 10.6 Å². The zero-order valence-electron chi connectivity index (χ0n) is 13.6. The Hall–Kier alpha value is -3.20. The number of nitrogens with zero attached hydrogens (tertiary/aromatic N) is 2. The molecule has 0 atom stereocenters. The maximum Gasteiger partial charge on any atom is 0.335 e. The topological polar surface area (TPSA) is 120 Å². The summed E-state index contributed by atoms with van der Waals surface area (Å²) in [5, 5.41) is 14.9. The Labute approximate surface area is 156 Å². The number of aromatic nitrogens is 3. The highest BCUT2D eigenvalue weighted by molar-refractivity contribution is 9.10. The third-order valence-corrected chi connectivity index (χ3v) is 4.02. The molecule has 0 unspecified atom stereocenters. The van der Waals surface area contributed by atoms with Crippen molar-refractivity contribution in [3.05, 3.63) is 68.7 Å². The van der Waals surface area contributed by atoms with Crippen LogP contribution in [0.3, 0.4) is 0 Å². The largest absolute Gasteiger partial charge is 0.478 e. The predicted molar refractivity (Wildman–Crippen MR) is 101 cm³/mol. The highest BCUT2D eigenvalue weighted by atomic mass is 79.9. The summed E-state index contributed by atoms with van der Waals surface area (Å²) in [6.07, 6.45) is 1.55. The quantitative estimate of drug-likeness (QED) is 0.503. The Morgan fingerprint density at radius 3 is 2.54 bits per heavy atom. The number of pyridine rings is 1. The molecule has 0 radical (unpaired) electrons. The van der Waals surface area contributed by atoms with Crippen LogP contribution in [0.2, 0.25) is 0 Å². The molecule has 0 saturated carbocycles. The number of carbonyl (C=O) groups is 1. The van der Waals surface area contributed by atoms with Gasteiger partial charge in [0.25, 0.3) is 5.56 Å². The van der Waals surface area contributed by atoms with Crippen LogP contribution >= 0.6 is 15.9 Å². The van der Waals surface area contributed by atoms with Gasteiger partial charge in [-0.1, -0.05) is 0 Å². The van der Waals surface area contributed by atoms with Gasteiger partial charge in [-0.3, -0.25) is 4.79 Å². The lowest BCUT2D eigenvalue weighted by atomic mass is 10.2. The molecule has 0 saturated heterocycles. The van der Waals surface area contributed by atoms with Crippen molar-refractivity contribution >= 4 is 45.0 Å². The lowest BCUT2D eigenvalue weighted by molar-refractivity contribution is 0.0697. The summed E-state index contributed by atoms with van der Waals surface area (Å²) < 4.78 is 0.587. The second-order valence-corrected chi connectivity index (χ2v) is 6.26. The molecule has 26 heavy (non-hydrogen) atoms. The van der Waals surface area contributed by atoms with E-state index < -0.39 is 5.97 Å². The average Bonchev–Trinajstić information content (AvgIpc) is 2.60. The van der Waals surface area contributed by atoms with Crippen molar-refractivity contribution in [1.29, 1.82) is 0 Å². The standard InChI is InChI=1S/C17H14BrN5O3/c1-9-2-7-13(15(24)20-9)22-14-12(18)8-19-17(23-14)21-11-5-3-10(4-6-11)16(25)26/h2-8H,1H3,(H,20,24)(H,25,26)(H2,19,21,22,23). The van der Waals surface area contributed by atoms with Gasteiger partial charge in [-0.25, -0.2) is 9.78 Å². The fourth-order valence-electron chi connectivity index (χ4n) is 2.14. The number of hydrogen-bond acceptors (Lipinski definition) is 6. The van der Waals surface area contributed by atoms with Crippen LogP contribution in [0.1, 0.15) is 16.1 Å². The van der Waals surface area contributed by atoms with E-state index in [9.17, 15) is 9.59 Å². The molecule has 4 N–H and O–H groups in total. The third-order valence-electron chi connectivity index (χ3n) is 3.44. The van der Waals surface area contributed by atoms with Crippen molar-refractivity contribution in [1.82, 2.24) is 15.0 Å². The van der Waals surface area contributed by atoms with Crippen molar-refractivity contribution in [2.45, 2.75) is 6.92 Å². The summed E-state index contributed by atoms with van der Waals surface area (Å²) in [6.45, 7) is 1.80. The predicted octanol–water partition coefficient (Wildman–Crippen LogP) is 3.42. The van der Waals surface area contributed by atoms with Gasteiger partial charge in [-0.15, -0.1) is 0 Å². The number of hydrogen-bond donors (Lipinski definition) is 4. The number of H-pyrrole nitrogens is 1. The second-order valence-electron chi connectivity index (χ2n) is 5.41. The van der Waals surface area contributed by atoms with Crippen molar-refractivity contribution in [2.24, 2.45) is 0 Å². The summed E-state index contributed by atoms with van der Waals surface area (Å²) >= 11 is 3.35. The summed E-state index contributed by atoms with van der Waals surface area (Å²) in [7, 11) is 0. The molecule has 0 aliphatic heterocycles. The van der Waals surface area contributed by atoms with Crippen molar-refractivity contribution in [3.8, 4) is 0 Å². The minimum atomic E-state index is -0.994. The Morgan fingerprint density at radius 2 is 1.88 bits per heavy atom. The number of aryl methyl sites for hydroxylation is 1. The number of anilines is 4. The Balaban J connectivity index is 1.83. The van der Waals surface area contributed by atoms with E-state index in [0.717, 1.165) is 5.69 Å². The van der Waals surface area contributed by atoms with Crippen LogP contribution in [0, 0.1) is 6.92 Å². The SMILES string of the molecule is Cc1ccc(Nc2nc(Nc3ccc(C(=O)O)cc3)ncc2Br)c(=O)[nH]1. The molecule has 0 amide bonds. The first-order valence-corrected chi connectivity index (χ1v) is 8.31. The minimum Gasteiger partial charge on any atom is -0.478 e. The fraction of sp³-hybridized carbons (Fsp3) is 0.0588. The van der Waals surface area contributed by atoms with Crippen LogP contribution in [0.4, 0.5) is 23.1 Å². The maximum absolute atomic E-state index is 12.0. The fourth-order valence-corrected chi connectivity index (χ4v) is 2.43. The highest BCUT2D eigenvalue weighted by Gasteiger charge is 2.09. The molecule has 1 aromatic carbocycles. The van der Waals surface area contributed by atoms with Crippen LogP contribution < -0.4 is 16.2 Å². The average molecular weight is 416 g/mol. The molecule has 0 aliphatic rings. The van der Waals surface area contributed by atoms with E-state index in [1.807, 2.05) is 0 Å². The molecule has 8 nitrogen and oxygen atoms in total. The number of aromatic amines is 1. The lowest BCUT2D eigenvalue weighted by Gasteiger charge is -2.10. The molecule has 3 aromatic rings. The van der Waals surface area contributed by atoms with Gasteiger partial charge in [0.1, 0.15) is 5.69 Å². The molecule has 0 fully saturated rings. The first-order valence-electron chi connectivity index (χ1n) is 7.52. The van der Waals surface area contributed by atoms with Gasteiger partial charge in [0.2, 0.25) is 5.95 Å². The second kappa shape index (κ2) is 7.36. The van der Waals surface area contributed by atoms with Crippen LogP contribution in [0.25, 0.3) is 0 Å². The molecule has 3 rings (SSSR count). The molecule has 2 heterocycles. The molecule has 132 valence electrons. The monoisotopic (exact) mass is 415 g/mol. The van der Waals surface area contributed by atoms with Crippen molar-refractivity contribution < 1.29 is 9.90 Å². The smallest absolute Gasteiger partial charge is 0.335 e. The summed E-state index contributed by atoms with van der Waals surface area (Å²) in [5.41, 5.74) is 1.68. The summed E-state index contributed by atoms with van der Waals surface area (Å²) in [5.74, 6) is -0.285. The summed E-state index contributed by atoms with van der Waals surface area (Å²) in [6, 6.07) is 9.64. The number of halogens is 1. The van der Waals surface area contributed by atoms with E-state index in [4.69, 9.17) is 5.11 Å². The van der Waals surface area contributed by atoms with E-state index in [-0.39, 0.29) is 11.1 Å². The Morgan fingerprint density at radius 1 is 1.15 bits per heavy atom. The third kappa shape index (κ3) is 4.06. The van der Waals surface area contributed by atoms with Crippen LogP contribution in [-0.2, 0) is 0 Å². The molecular formula is C17H14BrN5O3. The molecule has 0 bridgehead atoms. The Bertz CT molecular complexity index is 1020. The summed E-state index contributed by atoms with van der Waals surface area (Å²) in [4.78, 5) is 34.1. The number of carboxylic acids is 1. The number of rotatable bonds is 5. The van der Waals surface area contributed by atoms with Crippen molar-refractivity contribution in [3.63, 3.8) is 0 Å². The van der Waals surface area contributed by atoms with Gasteiger partial charge in [-0.05, 0) is 59.3 Å². The normalized spacial score (nSPS) is 10.4. The van der Waals surface area contributed by atoms with Crippen LogP contribution in [-0.4, -0.2) is 26.0 Å². The number of nitrogens with one attached hydrogen (secondary N) is 3. The zero-order chi connectivity index (χ0) is 18.7. The number of aromatic carboxylic acids is 1. The van der Waals surface area contributed by atoms with E-state index in [1.54, 1.807) is 37.4 Å². The van der Waals surface area contributed by atoms with Gasteiger partial charge in [-0.2, -0.15) is 4.98 Å². The van der Waals surface area contributed by atoms with Gasteiger partial charge >= 0.3 is 5.97 Å². The lowest BCUT2D eigenvalue weighted by Crippen LogP contribution is -2.13. The zero-order valence-corrected chi connectivity index (χ0v) is 15.2. The van der Waals surface area contributed by atoms with Gasteiger partial charge in [0.15, 0.2) is 5.82 Å². The highest BCUT2D eigenvalue weighted by Crippen LogP contribution is 2.24. The molecule has 0 aliphatic carbocycles. The van der Waals surface area contributed by atoms with Gasteiger partial charge in [0.05, 0.1) is 10.0 Å². The van der Waals surface area contributed by atoms with E-state index in [2.05, 4.69) is 41.5 Å². The maximum atomic E-state index is 12.0. The first kappa shape index (κ1) is 17.6. The van der Waals surface area contributed by atoms with E-state index in [1.165, 1.54) is 12.1 Å². The molecular weight excluding hydrogens is 402 g/mol. The van der Waals surface area contributed by atoms with Crippen LogP contribution in [0.5, 0.6) is 0 Å². The Kier molecular flexibility index (Phi) is 4.99. The molecule has 2 aromatic heterocycles.